The van der Waals surface area contributed by atoms with Gasteiger partial charge in [-0.25, -0.2) is 13.1 Å². The number of amides is 1. The molecule has 1 heterocycles. The number of carbonyl (C=O) groups is 1. The first kappa shape index (κ1) is 18.9. The minimum atomic E-state index is -3.64. The van der Waals surface area contributed by atoms with Crippen molar-refractivity contribution < 1.29 is 13.2 Å². The molecule has 1 radical (unpaired) electrons. The van der Waals surface area contributed by atoms with Gasteiger partial charge in [0.05, 0.1) is 4.90 Å². The van der Waals surface area contributed by atoms with E-state index < -0.39 is 10.0 Å². The van der Waals surface area contributed by atoms with Crippen LogP contribution in [0, 0.1) is 12.0 Å². The Morgan fingerprint density at radius 3 is 2.81 bits per heavy atom. The van der Waals surface area contributed by atoms with Crippen LogP contribution in [0.15, 0.2) is 41.3 Å². The number of piperidine rings is 1. The first-order valence-corrected chi connectivity index (χ1v) is 10.6. The quantitative estimate of drug-likeness (QED) is 0.876. The summed E-state index contributed by atoms with van der Waals surface area (Å²) in [6.07, 6.45) is 2.01. The largest absolute Gasteiger partial charge is 0.342 e. The highest BCUT2D eigenvalue weighted by molar-refractivity contribution is 7.89. The van der Waals surface area contributed by atoms with Crippen LogP contribution in [0.2, 0.25) is 0 Å². The molecule has 0 aromatic heterocycles. The third kappa shape index (κ3) is 3.91. The fraction of sp³-hybridized carbons (Fsp3) is 0.450. The molecule has 0 aliphatic carbocycles. The molecule has 3 rings (SSSR count). The van der Waals surface area contributed by atoms with Gasteiger partial charge in [0.25, 0.3) is 0 Å². The van der Waals surface area contributed by atoms with E-state index in [-0.39, 0.29) is 22.8 Å². The highest BCUT2D eigenvalue weighted by atomic mass is 32.2. The summed E-state index contributed by atoms with van der Waals surface area (Å²) in [5.74, 6) is 0.228. The zero-order valence-electron chi connectivity index (χ0n) is 15.2. The molecule has 5 nitrogen and oxygen atoms in total. The Kier molecular flexibility index (Phi) is 5.63. The molecule has 2 aromatic carbocycles. The predicted molar refractivity (Wildman–Crippen MR) is 102 cm³/mol. The van der Waals surface area contributed by atoms with Gasteiger partial charge in [-0.1, -0.05) is 44.2 Å². The number of rotatable bonds is 5. The summed E-state index contributed by atoms with van der Waals surface area (Å²) in [4.78, 5) is 14.2. The lowest BCUT2D eigenvalue weighted by atomic mass is 9.94. The molecule has 0 saturated carbocycles. The third-order valence-electron chi connectivity index (χ3n) is 4.98. The van der Waals surface area contributed by atoms with Gasteiger partial charge in [-0.3, -0.25) is 4.79 Å². The number of benzene rings is 2. The maximum absolute atomic E-state index is 13.0. The van der Waals surface area contributed by atoms with Crippen molar-refractivity contribution in [3.63, 3.8) is 0 Å². The number of nitrogens with zero attached hydrogens (tertiary/aromatic N) is 1. The molecule has 1 fully saturated rings. The van der Waals surface area contributed by atoms with E-state index >= 15 is 0 Å². The van der Waals surface area contributed by atoms with Gasteiger partial charge in [-0.05, 0) is 36.3 Å². The molecule has 0 spiro atoms. The van der Waals surface area contributed by atoms with Crippen LogP contribution in [0.4, 0.5) is 0 Å². The lowest BCUT2D eigenvalue weighted by Gasteiger charge is -2.37. The van der Waals surface area contributed by atoms with Crippen molar-refractivity contribution in [3.8, 4) is 0 Å². The molecule has 2 atom stereocenters. The van der Waals surface area contributed by atoms with Crippen LogP contribution in [-0.2, 0) is 14.8 Å². The van der Waals surface area contributed by atoms with Gasteiger partial charge >= 0.3 is 0 Å². The fourth-order valence-corrected chi connectivity index (χ4v) is 5.13. The Morgan fingerprint density at radius 1 is 1.31 bits per heavy atom. The first-order valence-electron chi connectivity index (χ1n) is 9.12. The number of carbonyl (C=O) groups excluding carboxylic acids is 1. The predicted octanol–water partition coefficient (Wildman–Crippen LogP) is 2.96. The number of nitrogens with one attached hydrogen (secondary N) is 1. The van der Waals surface area contributed by atoms with Gasteiger partial charge in [-0.2, -0.15) is 0 Å². The van der Waals surface area contributed by atoms with Crippen LogP contribution < -0.4 is 4.72 Å². The van der Waals surface area contributed by atoms with Gasteiger partial charge in [-0.15, -0.1) is 0 Å². The van der Waals surface area contributed by atoms with Crippen LogP contribution in [0.3, 0.4) is 0 Å². The smallest absolute Gasteiger partial charge is 0.241 e. The first-order chi connectivity index (χ1) is 12.4. The number of hydrogen-bond acceptors (Lipinski definition) is 3. The average molecular weight is 373 g/mol. The lowest BCUT2D eigenvalue weighted by molar-refractivity contribution is -0.133. The lowest BCUT2D eigenvalue weighted by Crippen LogP contribution is -2.51. The second-order valence-electron chi connectivity index (χ2n) is 6.97. The number of hydrogen-bond donors (Lipinski definition) is 1. The van der Waals surface area contributed by atoms with Gasteiger partial charge in [0.1, 0.15) is 0 Å². The Hall–Kier alpha value is -1.92. The van der Waals surface area contributed by atoms with E-state index in [9.17, 15) is 13.2 Å². The minimum absolute atomic E-state index is 0.0703. The highest BCUT2D eigenvalue weighted by Gasteiger charge is 2.32. The van der Waals surface area contributed by atoms with E-state index in [1.807, 2.05) is 36.9 Å². The van der Waals surface area contributed by atoms with Crippen molar-refractivity contribution in [2.75, 3.05) is 13.1 Å². The average Bonchev–Trinajstić information content (AvgIpc) is 2.63. The van der Waals surface area contributed by atoms with Gasteiger partial charge in [0.15, 0.2) is 0 Å². The molecule has 6 heteroatoms. The summed E-state index contributed by atoms with van der Waals surface area (Å²) in [5, 5.41) is 1.45. The second-order valence-corrected chi connectivity index (χ2v) is 8.65. The molecule has 1 aliphatic heterocycles. The monoisotopic (exact) mass is 373 g/mol. The third-order valence-corrected chi connectivity index (χ3v) is 6.53. The molecule has 26 heavy (non-hydrogen) atoms. The van der Waals surface area contributed by atoms with Crippen molar-refractivity contribution in [2.24, 2.45) is 5.92 Å². The van der Waals surface area contributed by atoms with E-state index in [4.69, 9.17) is 0 Å². The van der Waals surface area contributed by atoms with Crippen molar-refractivity contribution in [1.82, 2.24) is 9.62 Å². The van der Waals surface area contributed by atoms with E-state index in [0.29, 0.717) is 31.3 Å². The van der Waals surface area contributed by atoms with Gasteiger partial charge in [0.2, 0.25) is 15.9 Å². The molecule has 1 aliphatic rings. The second kappa shape index (κ2) is 7.76. The zero-order chi connectivity index (χ0) is 18.7. The van der Waals surface area contributed by atoms with E-state index in [1.54, 1.807) is 18.2 Å². The maximum atomic E-state index is 13.0. The van der Waals surface area contributed by atoms with Crippen LogP contribution in [0.25, 0.3) is 10.8 Å². The molecule has 1 N–H and O–H groups in total. The van der Waals surface area contributed by atoms with Crippen molar-refractivity contribution in [1.29, 1.82) is 0 Å². The van der Waals surface area contributed by atoms with Gasteiger partial charge in [0, 0.05) is 30.9 Å². The fourth-order valence-electron chi connectivity index (χ4n) is 3.54. The topological polar surface area (TPSA) is 66.5 Å². The van der Waals surface area contributed by atoms with Crippen molar-refractivity contribution >= 4 is 26.7 Å². The molecule has 2 unspecified atom stereocenters. The zero-order valence-corrected chi connectivity index (χ0v) is 16.1. The Morgan fingerprint density at radius 2 is 2.08 bits per heavy atom. The summed E-state index contributed by atoms with van der Waals surface area (Å²) in [7, 11) is -3.64. The van der Waals surface area contributed by atoms with Crippen molar-refractivity contribution in [3.05, 3.63) is 42.5 Å². The summed E-state index contributed by atoms with van der Waals surface area (Å²) >= 11 is 0. The summed E-state index contributed by atoms with van der Waals surface area (Å²) < 4.78 is 28.8. The summed E-state index contributed by atoms with van der Waals surface area (Å²) in [6, 6.07) is 13.5. The summed E-state index contributed by atoms with van der Waals surface area (Å²) in [6.45, 7) is 5.17. The molecule has 139 valence electrons. The van der Waals surface area contributed by atoms with Crippen LogP contribution >= 0.6 is 0 Å². The van der Waals surface area contributed by atoms with E-state index in [1.165, 1.54) is 0 Å². The molecule has 1 saturated heterocycles. The van der Waals surface area contributed by atoms with Crippen LogP contribution in [0.1, 0.15) is 33.1 Å². The molecule has 1 amide bonds. The Bertz CT molecular complexity index is 890. The van der Waals surface area contributed by atoms with Gasteiger partial charge < -0.3 is 4.90 Å². The maximum Gasteiger partial charge on any atom is 0.241 e. The molecular weight excluding hydrogens is 348 g/mol. The molecule has 2 aromatic rings. The SMILES string of the molecule is CCCC(=O)N1CCC(NS(=O)(=O)c2cc[c]c3ccccc23)C(C)C1. The highest BCUT2D eigenvalue weighted by Crippen LogP contribution is 2.25. The molecule has 0 bridgehead atoms. The van der Waals surface area contributed by atoms with E-state index in [2.05, 4.69) is 10.8 Å². The standard InChI is InChI=1S/C20H25N2O3S/c1-3-7-20(23)22-13-12-18(15(2)14-22)21-26(24,25)19-11-6-9-16-8-4-5-10-17(16)19/h4-6,8,10-11,15,18,21H,3,7,12-14H2,1-2H3. The minimum Gasteiger partial charge on any atom is -0.342 e. The normalized spacial score (nSPS) is 21.1. The Labute approximate surface area is 155 Å². The number of sulfonamides is 1. The van der Waals surface area contributed by atoms with Crippen LogP contribution in [-0.4, -0.2) is 38.4 Å². The molecular formula is C20H25N2O3S. The van der Waals surface area contributed by atoms with E-state index in [0.717, 1.165) is 11.8 Å². The Balaban J connectivity index is 1.77. The van der Waals surface area contributed by atoms with Crippen molar-refractivity contribution in [2.45, 2.75) is 44.0 Å². The van der Waals surface area contributed by atoms with Crippen LogP contribution in [0.5, 0.6) is 0 Å². The summed E-state index contributed by atoms with van der Waals surface area (Å²) in [5.41, 5.74) is 0. The number of likely N-dealkylation sites (tertiary alicyclic amines) is 1. The number of fused-ring (bicyclic) bond motifs is 1.